The van der Waals surface area contributed by atoms with Crippen molar-refractivity contribution >= 4 is 16.7 Å². The molecule has 0 saturated carbocycles. The van der Waals surface area contributed by atoms with E-state index < -0.39 is 0 Å². The largest absolute Gasteiger partial charge is 0.497 e. The Morgan fingerprint density at radius 2 is 1.89 bits per heavy atom. The maximum atomic E-state index is 13.1. The molecule has 1 aliphatic heterocycles. The summed E-state index contributed by atoms with van der Waals surface area (Å²) < 4.78 is 5.35. The van der Waals surface area contributed by atoms with Crippen LogP contribution >= 0.6 is 0 Å². The second kappa shape index (κ2) is 8.19. The van der Waals surface area contributed by atoms with Gasteiger partial charge in [0.05, 0.1) is 25.8 Å². The van der Waals surface area contributed by atoms with Gasteiger partial charge in [0, 0.05) is 16.6 Å². The van der Waals surface area contributed by atoms with Crippen molar-refractivity contribution in [3.8, 4) is 5.75 Å². The molecule has 0 aliphatic carbocycles. The molecule has 1 fully saturated rings. The Morgan fingerprint density at radius 1 is 1.14 bits per heavy atom. The van der Waals surface area contributed by atoms with Crippen LogP contribution in [0.5, 0.6) is 5.75 Å². The molecule has 0 bridgehead atoms. The normalized spacial score (nSPS) is 19.6. The van der Waals surface area contributed by atoms with E-state index in [1.165, 1.54) is 23.3 Å². The highest BCUT2D eigenvalue weighted by Gasteiger charge is 2.26. The standard InChI is InChI=1S/C24H28N2O2/c1-17-24(21-15-20(28-2)8-9-22(21)25-17)23(27)16-26-12-10-19(11-13-26)14-18-6-4-3-5-7-18/h3-9,15,19,25H,10-14,16H2,1-2H3/p+1. The molecule has 0 amide bonds. The Kier molecular flexibility index (Phi) is 5.49. The zero-order chi connectivity index (χ0) is 19.5. The number of Topliss-reactive ketones (excluding diaryl/α,β-unsaturated/α-hetero) is 1. The van der Waals surface area contributed by atoms with Crippen molar-refractivity contribution in [3.05, 3.63) is 65.4 Å². The van der Waals surface area contributed by atoms with E-state index in [0.717, 1.165) is 53.3 Å². The third-order valence-corrected chi connectivity index (χ3v) is 6.06. The van der Waals surface area contributed by atoms with Crippen LogP contribution < -0.4 is 9.64 Å². The topological polar surface area (TPSA) is 46.5 Å². The van der Waals surface area contributed by atoms with Crippen LogP contribution in [0.15, 0.2) is 48.5 Å². The van der Waals surface area contributed by atoms with Crippen LogP contribution in [0.2, 0.25) is 0 Å². The smallest absolute Gasteiger partial charge is 0.219 e. The van der Waals surface area contributed by atoms with Crippen molar-refractivity contribution in [3.63, 3.8) is 0 Å². The van der Waals surface area contributed by atoms with E-state index in [1.54, 1.807) is 7.11 Å². The molecule has 2 heterocycles. The van der Waals surface area contributed by atoms with Gasteiger partial charge in [-0.25, -0.2) is 0 Å². The molecule has 2 N–H and O–H groups in total. The van der Waals surface area contributed by atoms with Gasteiger partial charge in [-0.1, -0.05) is 30.3 Å². The van der Waals surface area contributed by atoms with Crippen LogP contribution in [0.25, 0.3) is 10.9 Å². The SMILES string of the molecule is COc1ccc2[nH]c(C)c(C(=O)C[NH+]3CCC(Cc4ccccc4)CC3)c2c1. The molecule has 2 aromatic carbocycles. The highest BCUT2D eigenvalue weighted by atomic mass is 16.5. The highest BCUT2D eigenvalue weighted by molar-refractivity contribution is 6.10. The van der Waals surface area contributed by atoms with E-state index in [2.05, 4.69) is 35.3 Å². The summed E-state index contributed by atoms with van der Waals surface area (Å²) in [6.07, 6.45) is 3.54. The van der Waals surface area contributed by atoms with Gasteiger partial charge in [-0.05, 0) is 55.9 Å². The first kappa shape index (κ1) is 18.8. The van der Waals surface area contributed by atoms with Gasteiger partial charge >= 0.3 is 0 Å². The molecule has 0 unspecified atom stereocenters. The lowest BCUT2D eigenvalue weighted by Gasteiger charge is -2.29. The van der Waals surface area contributed by atoms with Gasteiger partial charge in [0.25, 0.3) is 0 Å². The van der Waals surface area contributed by atoms with E-state index >= 15 is 0 Å². The van der Waals surface area contributed by atoms with Gasteiger partial charge in [0.2, 0.25) is 5.78 Å². The number of methoxy groups -OCH3 is 1. The number of likely N-dealkylation sites (tertiary alicyclic amines) is 1. The Bertz CT molecular complexity index is 953. The third kappa shape index (κ3) is 3.97. The number of aromatic nitrogens is 1. The monoisotopic (exact) mass is 377 g/mol. The number of nitrogens with one attached hydrogen (secondary N) is 2. The number of carbonyl (C=O) groups is 1. The first-order chi connectivity index (χ1) is 13.6. The van der Waals surface area contributed by atoms with Gasteiger partial charge in [0.1, 0.15) is 12.3 Å². The quantitative estimate of drug-likeness (QED) is 0.648. The van der Waals surface area contributed by atoms with E-state index in [4.69, 9.17) is 4.74 Å². The summed E-state index contributed by atoms with van der Waals surface area (Å²) in [6.45, 7) is 4.71. The number of ether oxygens (including phenoxy) is 1. The first-order valence-electron chi connectivity index (χ1n) is 10.2. The molecule has 1 aliphatic rings. The molecular formula is C24H29N2O2+. The van der Waals surface area contributed by atoms with E-state index in [1.807, 2.05) is 25.1 Å². The van der Waals surface area contributed by atoms with Crippen molar-refractivity contribution in [1.29, 1.82) is 0 Å². The molecule has 28 heavy (non-hydrogen) atoms. The first-order valence-corrected chi connectivity index (χ1v) is 10.2. The molecule has 0 spiro atoms. The fraction of sp³-hybridized carbons (Fsp3) is 0.375. The van der Waals surface area contributed by atoms with Crippen molar-refractivity contribution in [2.45, 2.75) is 26.2 Å². The minimum absolute atomic E-state index is 0.230. The highest BCUT2D eigenvalue weighted by Crippen LogP contribution is 2.26. The van der Waals surface area contributed by atoms with Crippen LogP contribution in [0.1, 0.15) is 34.5 Å². The van der Waals surface area contributed by atoms with Gasteiger partial charge < -0.3 is 14.6 Å². The summed E-state index contributed by atoms with van der Waals surface area (Å²) >= 11 is 0. The zero-order valence-corrected chi connectivity index (χ0v) is 16.8. The lowest BCUT2D eigenvalue weighted by atomic mass is 9.90. The number of aryl methyl sites for hydroxylation is 1. The summed E-state index contributed by atoms with van der Waals surface area (Å²) in [5.41, 5.74) is 4.20. The number of hydrogen-bond acceptors (Lipinski definition) is 2. The Morgan fingerprint density at radius 3 is 2.61 bits per heavy atom. The van der Waals surface area contributed by atoms with E-state index in [9.17, 15) is 4.79 Å². The summed E-state index contributed by atoms with van der Waals surface area (Å²) in [4.78, 5) is 17.9. The Hall–Kier alpha value is -2.59. The Labute approximate surface area is 166 Å². The predicted octanol–water partition coefficient (Wildman–Crippen LogP) is 3.21. The maximum absolute atomic E-state index is 13.1. The summed E-state index contributed by atoms with van der Waals surface area (Å²) in [6, 6.07) is 16.6. The van der Waals surface area contributed by atoms with Crippen molar-refractivity contribution in [2.24, 2.45) is 5.92 Å². The van der Waals surface area contributed by atoms with Crippen LogP contribution in [0.3, 0.4) is 0 Å². The number of hydrogen-bond donors (Lipinski definition) is 2. The number of rotatable bonds is 6. The second-order valence-electron chi connectivity index (χ2n) is 8.02. The molecular weight excluding hydrogens is 348 g/mol. The van der Waals surface area contributed by atoms with Crippen LogP contribution in [-0.2, 0) is 6.42 Å². The minimum Gasteiger partial charge on any atom is -0.497 e. The zero-order valence-electron chi connectivity index (χ0n) is 16.8. The average Bonchev–Trinajstić information content (AvgIpc) is 3.05. The fourth-order valence-electron chi connectivity index (χ4n) is 4.52. The molecule has 1 aromatic heterocycles. The lowest BCUT2D eigenvalue weighted by molar-refractivity contribution is -0.897. The van der Waals surface area contributed by atoms with Gasteiger partial charge in [-0.15, -0.1) is 0 Å². The number of H-pyrrole nitrogens is 1. The summed E-state index contributed by atoms with van der Waals surface area (Å²) in [5, 5.41) is 0.972. The fourth-order valence-corrected chi connectivity index (χ4v) is 4.52. The number of fused-ring (bicyclic) bond motifs is 1. The maximum Gasteiger partial charge on any atom is 0.219 e. The molecule has 0 atom stereocenters. The number of benzene rings is 2. The number of quaternary nitrogens is 1. The minimum atomic E-state index is 0.230. The second-order valence-corrected chi connectivity index (χ2v) is 8.02. The lowest BCUT2D eigenvalue weighted by Crippen LogP contribution is -3.14. The number of piperidine rings is 1. The molecule has 4 rings (SSSR count). The molecule has 3 aromatic rings. The van der Waals surface area contributed by atoms with Crippen molar-refractivity contribution in [1.82, 2.24) is 4.98 Å². The molecule has 4 heteroatoms. The number of ketones is 1. The van der Waals surface area contributed by atoms with Crippen LogP contribution in [-0.4, -0.2) is 37.5 Å². The average molecular weight is 378 g/mol. The third-order valence-electron chi connectivity index (χ3n) is 6.06. The summed E-state index contributed by atoms with van der Waals surface area (Å²) in [7, 11) is 1.66. The van der Waals surface area contributed by atoms with E-state index in [0.29, 0.717) is 6.54 Å². The number of aromatic amines is 1. The Balaban J connectivity index is 1.40. The number of carbonyl (C=O) groups excluding carboxylic acids is 1. The van der Waals surface area contributed by atoms with E-state index in [-0.39, 0.29) is 5.78 Å². The van der Waals surface area contributed by atoms with Crippen molar-refractivity contribution in [2.75, 3.05) is 26.7 Å². The molecule has 1 saturated heterocycles. The van der Waals surface area contributed by atoms with Crippen LogP contribution in [0.4, 0.5) is 0 Å². The molecule has 4 nitrogen and oxygen atoms in total. The summed E-state index contributed by atoms with van der Waals surface area (Å²) in [5.74, 6) is 1.75. The van der Waals surface area contributed by atoms with Crippen molar-refractivity contribution < 1.29 is 14.4 Å². The molecule has 0 radical (unpaired) electrons. The van der Waals surface area contributed by atoms with Crippen LogP contribution in [0, 0.1) is 12.8 Å². The molecule has 146 valence electrons. The van der Waals surface area contributed by atoms with Gasteiger partial charge in [-0.3, -0.25) is 4.79 Å². The predicted molar refractivity (Wildman–Crippen MR) is 112 cm³/mol. The van der Waals surface area contributed by atoms with Gasteiger partial charge in [0.15, 0.2) is 0 Å². The van der Waals surface area contributed by atoms with Gasteiger partial charge in [-0.2, -0.15) is 0 Å².